The lowest BCUT2D eigenvalue weighted by Gasteiger charge is -2.27. The topological polar surface area (TPSA) is 51.1 Å². The van der Waals surface area contributed by atoms with E-state index >= 15 is 0 Å². The minimum Gasteiger partial charge on any atom is -0.391 e. The Morgan fingerprint density at radius 3 is 2.64 bits per heavy atom. The predicted molar refractivity (Wildman–Crippen MR) is 105 cm³/mol. The van der Waals surface area contributed by atoms with Gasteiger partial charge in [0.2, 0.25) is 0 Å². The molecule has 0 radical (unpaired) electrons. The van der Waals surface area contributed by atoms with Crippen LogP contribution < -0.4 is 5.32 Å². The molecule has 0 saturated carbocycles. The van der Waals surface area contributed by atoms with Gasteiger partial charge < -0.3 is 15.3 Å². The summed E-state index contributed by atoms with van der Waals surface area (Å²) in [6.07, 6.45) is 1.38. The molecule has 0 amide bonds. The van der Waals surface area contributed by atoms with Crippen LogP contribution in [0.1, 0.15) is 32.8 Å². The highest BCUT2D eigenvalue weighted by Gasteiger charge is 2.28. The first-order valence-corrected chi connectivity index (χ1v) is 9.67. The molecule has 2 rings (SSSR count). The molecule has 1 aromatic carbocycles. The fraction of sp³-hybridized carbons (Fsp3) is 0.650. The molecule has 1 fully saturated rings. The third-order valence-corrected chi connectivity index (χ3v) is 4.89. The fourth-order valence-electron chi connectivity index (χ4n) is 3.54. The summed E-state index contributed by atoms with van der Waals surface area (Å²) in [6, 6.07) is 10.7. The summed E-state index contributed by atoms with van der Waals surface area (Å²) in [6.45, 7) is 12.1. The molecule has 0 aromatic heterocycles. The first-order valence-electron chi connectivity index (χ1n) is 9.67. The van der Waals surface area contributed by atoms with Gasteiger partial charge in [0.25, 0.3) is 0 Å². The van der Waals surface area contributed by atoms with Crippen molar-refractivity contribution in [1.29, 1.82) is 0 Å². The number of hydrogen-bond acceptors (Lipinski definition) is 3. The largest absolute Gasteiger partial charge is 0.391 e. The van der Waals surface area contributed by atoms with Gasteiger partial charge in [0, 0.05) is 32.1 Å². The van der Waals surface area contributed by atoms with E-state index in [1.54, 1.807) is 0 Å². The molecule has 2 N–H and O–H groups in total. The first kappa shape index (κ1) is 19.7. The molecule has 1 heterocycles. The maximum absolute atomic E-state index is 10.3. The Morgan fingerprint density at radius 2 is 2.00 bits per heavy atom. The van der Waals surface area contributed by atoms with Gasteiger partial charge in [-0.05, 0) is 32.0 Å². The van der Waals surface area contributed by atoms with Crippen LogP contribution in [0, 0.1) is 0 Å². The summed E-state index contributed by atoms with van der Waals surface area (Å²) >= 11 is 0. The van der Waals surface area contributed by atoms with Gasteiger partial charge in [-0.15, -0.1) is 0 Å². The van der Waals surface area contributed by atoms with Crippen molar-refractivity contribution in [1.82, 2.24) is 15.1 Å². The van der Waals surface area contributed by atoms with Crippen LogP contribution in [0.25, 0.3) is 0 Å². The van der Waals surface area contributed by atoms with E-state index in [2.05, 4.69) is 35.9 Å². The number of aliphatic hydroxyl groups excluding tert-OH is 1. The number of likely N-dealkylation sites (N-methyl/N-ethyl adjacent to an activating group) is 1. The average molecular weight is 347 g/mol. The number of nitrogens with one attached hydrogen (secondary N) is 1. The average Bonchev–Trinajstić information content (AvgIpc) is 3.10. The van der Waals surface area contributed by atoms with Crippen molar-refractivity contribution in [3.8, 4) is 0 Å². The minimum absolute atomic E-state index is 0.434. The second-order valence-electron chi connectivity index (χ2n) is 6.65. The van der Waals surface area contributed by atoms with Crippen molar-refractivity contribution in [2.45, 2.75) is 45.8 Å². The quantitative estimate of drug-likeness (QED) is 0.558. The van der Waals surface area contributed by atoms with Crippen LogP contribution in [0.2, 0.25) is 0 Å². The standard InChI is InChI=1S/C20H34N4O/c1-4-21-20(24-13-12-18(16-24)23(5-2)6-3)22-15-19(25)14-17-10-8-7-9-11-17/h7-11,18-19,25H,4-6,12-16H2,1-3H3,(H,21,22). The van der Waals surface area contributed by atoms with E-state index in [9.17, 15) is 5.11 Å². The van der Waals surface area contributed by atoms with Gasteiger partial charge in [0.15, 0.2) is 5.96 Å². The number of aliphatic imine (C=N–C) groups is 1. The smallest absolute Gasteiger partial charge is 0.194 e. The molecule has 0 spiro atoms. The summed E-state index contributed by atoms with van der Waals surface area (Å²) in [4.78, 5) is 9.56. The van der Waals surface area contributed by atoms with Gasteiger partial charge >= 0.3 is 0 Å². The van der Waals surface area contributed by atoms with Crippen molar-refractivity contribution < 1.29 is 5.11 Å². The first-order chi connectivity index (χ1) is 12.2. The van der Waals surface area contributed by atoms with Crippen molar-refractivity contribution in [3.63, 3.8) is 0 Å². The second kappa shape index (κ2) is 10.4. The molecule has 2 unspecified atom stereocenters. The molecular weight excluding hydrogens is 312 g/mol. The number of aliphatic hydroxyl groups is 1. The zero-order valence-electron chi connectivity index (χ0n) is 16.0. The normalized spacial score (nSPS) is 19.5. The summed E-state index contributed by atoms with van der Waals surface area (Å²) in [5.41, 5.74) is 1.15. The molecule has 1 saturated heterocycles. The summed E-state index contributed by atoms with van der Waals surface area (Å²) < 4.78 is 0. The third kappa shape index (κ3) is 6.01. The molecule has 5 nitrogen and oxygen atoms in total. The van der Waals surface area contributed by atoms with Crippen LogP contribution in [0.3, 0.4) is 0 Å². The summed E-state index contributed by atoms with van der Waals surface area (Å²) in [7, 11) is 0. The Hall–Kier alpha value is -1.59. The molecule has 2 atom stereocenters. The van der Waals surface area contributed by atoms with Crippen LogP contribution in [-0.4, -0.2) is 72.3 Å². The van der Waals surface area contributed by atoms with Gasteiger partial charge in [-0.1, -0.05) is 44.2 Å². The fourth-order valence-corrected chi connectivity index (χ4v) is 3.54. The van der Waals surface area contributed by atoms with Crippen molar-refractivity contribution in [2.75, 3.05) is 39.3 Å². The Bertz CT molecular complexity index is 516. The monoisotopic (exact) mass is 346 g/mol. The van der Waals surface area contributed by atoms with Crippen molar-refractivity contribution in [2.24, 2.45) is 4.99 Å². The van der Waals surface area contributed by atoms with Crippen LogP contribution in [-0.2, 0) is 6.42 Å². The lowest BCUT2D eigenvalue weighted by molar-refractivity contribution is 0.183. The van der Waals surface area contributed by atoms with Gasteiger partial charge in [-0.25, -0.2) is 0 Å². The van der Waals surface area contributed by atoms with E-state index in [0.717, 1.165) is 44.2 Å². The molecule has 0 aliphatic carbocycles. The third-order valence-electron chi connectivity index (χ3n) is 4.89. The Balaban J connectivity index is 1.92. The molecule has 1 aliphatic rings. The van der Waals surface area contributed by atoms with E-state index in [1.165, 1.54) is 6.42 Å². The van der Waals surface area contributed by atoms with E-state index in [4.69, 9.17) is 4.99 Å². The van der Waals surface area contributed by atoms with Crippen LogP contribution in [0.15, 0.2) is 35.3 Å². The number of likely N-dealkylation sites (tertiary alicyclic amines) is 1. The number of hydrogen-bond donors (Lipinski definition) is 2. The van der Waals surface area contributed by atoms with Gasteiger partial charge in [0.05, 0.1) is 12.6 Å². The van der Waals surface area contributed by atoms with Gasteiger partial charge in [-0.3, -0.25) is 9.89 Å². The molecule has 140 valence electrons. The van der Waals surface area contributed by atoms with Gasteiger partial charge in [-0.2, -0.15) is 0 Å². The van der Waals surface area contributed by atoms with Crippen LogP contribution in [0.5, 0.6) is 0 Å². The lowest BCUT2D eigenvalue weighted by atomic mass is 10.1. The summed E-state index contributed by atoms with van der Waals surface area (Å²) in [5.74, 6) is 0.935. The highest BCUT2D eigenvalue weighted by molar-refractivity contribution is 5.80. The highest BCUT2D eigenvalue weighted by atomic mass is 16.3. The number of rotatable bonds is 8. The molecule has 5 heteroatoms. The maximum atomic E-state index is 10.3. The lowest BCUT2D eigenvalue weighted by Crippen LogP contribution is -2.43. The van der Waals surface area contributed by atoms with E-state index in [1.807, 2.05) is 30.3 Å². The number of guanidine groups is 1. The van der Waals surface area contributed by atoms with Crippen molar-refractivity contribution in [3.05, 3.63) is 35.9 Å². The molecule has 25 heavy (non-hydrogen) atoms. The van der Waals surface area contributed by atoms with Crippen LogP contribution in [0.4, 0.5) is 0 Å². The number of benzene rings is 1. The zero-order chi connectivity index (χ0) is 18.1. The second-order valence-corrected chi connectivity index (χ2v) is 6.65. The van der Waals surface area contributed by atoms with Crippen molar-refractivity contribution >= 4 is 5.96 Å². The molecular formula is C20H34N4O. The Labute approximate surface area is 152 Å². The van der Waals surface area contributed by atoms with Gasteiger partial charge in [0.1, 0.15) is 0 Å². The zero-order valence-corrected chi connectivity index (χ0v) is 16.0. The summed E-state index contributed by atoms with van der Waals surface area (Å²) in [5, 5.41) is 13.7. The number of nitrogens with zero attached hydrogens (tertiary/aromatic N) is 3. The van der Waals surface area contributed by atoms with E-state index < -0.39 is 6.10 Å². The Morgan fingerprint density at radius 1 is 1.28 bits per heavy atom. The molecule has 1 aliphatic heterocycles. The molecule has 1 aromatic rings. The van der Waals surface area contributed by atoms with Crippen LogP contribution >= 0.6 is 0 Å². The van der Waals surface area contributed by atoms with E-state index in [0.29, 0.717) is 19.0 Å². The Kier molecular flexibility index (Phi) is 8.22. The van der Waals surface area contributed by atoms with E-state index in [-0.39, 0.29) is 0 Å². The molecule has 0 bridgehead atoms. The maximum Gasteiger partial charge on any atom is 0.194 e. The predicted octanol–water partition coefficient (Wildman–Crippen LogP) is 1.97. The minimum atomic E-state index is -0.447. The SMILES string of the molecule is CCNC(=NCC(O)Cc1ccccc1)N1CCC(N(CC)CC)C1. The highest BCUT2D eigenvalue weighted by Crippen LogP contribution is 2.15.